The summed E-state index contributed by atoms with van der Waals surface area (Å²) < 4.78 is 17.8. The van der Waals surface area contributed by atoms with Crippen LogP contribution >= 0.6 is 11.6 Å². The van der Waals surface area contributed by atoms with Gasteiger partial charge < -0.3 is 14.2 Å². The molecule has 0 aromatic heterocycles. The Morgan fingerprint density at radius 2 is 1.88 bits per heavy atom. The zero-order chi connectivity index (χ0) is 17.2. The first-order valence-electron chi connectivity index (χ1n) is 8.36. The molecule has 1 saturated heterocycles. The molecule has 0 amide bonds. The van der Waals surface area contributed by atoms with Crippen molar-refractivity contribution >= 4 is 11.6 Å². The van der Waals surface area contributed by atoms with Crippen molar-refractivity contribution in [2.45, 2.75) is 45.5 Å². The molecule has 4 heteroatoms. The van der Waals surface area contributed by atoms with Gasteiger partial charge >= 0.3 is 0 Å². The van der Waals surface area contributed by atoms with Crippen molar-refractivity contribution in [3.63, 3.8) is 0 Å². The van der Waals surface area contributed by atoms with Gasteiger partial charge in [0.05, 0.1) is 17.7 Å². The topological polar surface area (TPSA) is 27.7 Å². The molecule has 2 aromatic rings. The van der Waals surface area contributed by atoms with E-state index in [0.29, 0.717) is 17.4 Å². The molecule has 3 rings (SSSR count). The molecule has 1 fully saturated rings. The van der Waals surface area contributed by atoms with Gasteiger partial charge in [0.1, 0.15) is 11.5 Å². The van der Waals surface area contributed by atoms with E-state index in [2.05, 4.69) is 6.92 Å². The van der Waals surface area contributed by atoms with Crippen molar-refractivity contribution in [3.8, 4) is 11.5 Å². The monoisotopic (exact) mass is 346 g/mol. The van der Waals surface area contributed by atoms with Crippen LogP contribution < -0.4 is 4.74 Å². The van der Waals surface area contributed by atoms with Gasteiger partial charge in [0.15, 0.2) is 5.79 Å². The van der Waals surface area contributed by atoms with Gasteiger partial charge in [-0.2, -0.15) is 0 Å². The van der Waals surface area contributed by atoms with E-state index in [1.807, 2.05) is 56.3 Å². The van der Waals surface area contributed by atoms with Crippen molar-refractivity contribution in [3.05, 3.63) is 58.6 Å². The molecule has 1 heterocycles. The number of hydrogen-bond donors (Lipinski definition) is 0. The molecule has 2 aromatic carbocycles. The van der Waals surface area contributed by atoms with E-state index in [4.69, 9.17) is 25.8 Å². The first-order chi connectivity index (χ1) is 11.5. The lowest BCUT2D eigenvalue weighted by Crippen LogP contribution is -2.24. The summed E-state index contributed by atoms with van der Waals surface area (Å²) in [6.07, 6.45) is 2.18. The molecule has 3 nitrogen and oxygen atoms in total. The van der Waals surface area contributed by atoms with Crippen LogP contribution in [-0.4, -0.2) is 12.7 Å². The predicted octanol–water partition coefficient (Wildman–Crippen LogP) is 5.83. The average molecular weight is 347 g/mol. The van der Waals surface area contributed by atoms with Crippen molar-refractivity contribution < 1.29 is 14.2 Å². The van der Waals surface area contributed by atoms with Crippen LogP contribution in [0.1, 0.15) is 37.8 Å². The number of ether oxygens (including phenoxy) is 3. The van der Waals surface area contributed by atoms with Crippen LogP contribution in [0.4, 0.5) is 0 Å². The van der Waals surface area contributed by atoms with Gasteiger partial charge in [-0.15, -0.1) is 0 Å². The largest absolute Gasteiger partial charge is 0.457 e. The summed E-state index contributed by atoms with van der Waals surface area (Å²) in [5.41, 5.74) is 2.03. The molecule has 128 valence electrons. The molecule has 1 aliphatic heterocycles. The Kier molecular flexibility index (Phi) is 5.14. The summed E-state index contributed by atoms with van der Waals surface area (Å²) in [7, 11) is 0. The summed E-state index contributed by atoms with van der Waals surface area (Å²) in [6, 6.07) is 13.5. The summed E-state index contributed by atoms with van der Waals surface area (Å²) >= 11 is 6.48. The van der Waals surface area contributed by atoms with Crippen LogP contribution in [0, 0.1) is 6.92 Å². The van der Waals surface area contributed by atoms with Gasteiger partial charge in [-0.3, -0.25) is 0 Å². The van der Waals surface area contributed by atoms with Crippen LogP contribution in [0.3, 0.4) is 0 Å². The lowest BCUT2D eigenvalue weighted by atomic mass is 10.1. The van der Waals surface area contributed by atoms with E-state index in [0.717, 1.165) is 24.2 Å². The van der Waals surface area contributed by atoms with Crippen molar-refractivity contribution in [2.24, 2.45) is 0 Å². The Hall–Kier alpha value is -1.55. The smallest absolute Gasteiger partial charge is 0.193 e. The maximum absolute atomic E-state index is 6.48. The summed E-state index contributed by atoms with van der Waals surface area (Å²) in [5.74, 6) is 0.686. The molecule has 0 spiro atoms. The molecule has 0 radical (unpaired) electrons. The second-order valence-corrected chi connectivity index (χ2v) is 6.75. The third kappa shape index (κ3) is 3.75. The number of hydrogen-bond acceptors (Lipinski definition) is 3. The number of aryl methyl sites for hydroxylation is 1. The number of halogens is 1. The molecule has 24 heavy (non-hydrogen) atoms. The first kappa shape index (κ1) is 17.3. The van der Waals surface area contributed by atoms with E-state index in [-0.39, 0.29) is 6.10 Å². The second-order valence-electron chi connectivity index (χ2n) is 6.34. The molecular weight excluding hydrogens is 324 g/mol. The van der Waals surface area contributed by atoms with Gasteiger partial charge in [-0.1, -0.05) is 42.6 Å². The maximum atomic E-state index is 6.48. The van der Waals surface area contributed by atoms with Gasteiger partial charge in [0.25, 0.3) is 0 Å². The van der Waals surface area contributed by atoms with Crippen LogP contribution in [0.15, 0.2) is 42.5 Å². The molecule has 0 N–H and O–H groups in total. The van der Waals surface area contributed by atoms with Gasteiger partial charge in [-0.25, -0.2) is 0 Å². The third-order valence-electron chi connectivity index (χ3n) is 4.23. The minimum absolute atomic E-state index is 0.125. The number of rotatable bonds is 5. The molecule has 0 saturated carbocycles. The van der Waals surface area contributed by atoms with Gasteiger partial charge in [0.2, 0.25) is 0 Å². The SMILES string of the molecule is CCCC1COC(C)(c2ccc(Oc3ccc(C)cc3)cc2Cl)O1. The summed E-state index contributed by atoms with van der Waals surface area (Å²) in [4.78, 5) is 0. The highest BCUT2D eigenvalue weighted by Crippen LogP contribution is 2.40. The van der Waals surface area contributed by atoms with Gasteiger partial charge in [0, 0.05) is 5.56 Å². The highest BCUT2D eigenvalue weighted by atomic mass is 35.5. The maximum Gasteiger partial charge on any atom is 0.193 e. The van der Waals surface area contributed by atoms with E-state index in [9.17, 15) is 0 Å². The van der Waals surface area contributed by atoms with E-state index < -0.39 is 5.79 Å². The number of benzene rings is 2. The van der Waals surface area contributed by atoms with Crippen LogP contribution in [0.2, 0.25) is 5.02 Å². The fraction of sp³-hybridized carbons (Fsp3) is 0.400. The fourth-order valence-electron chi connectivity index (χ4n) is 2.91. The molecule has 0 bridgehead atoms. The van der Waals surface area contributed by atoms with E-state index >= 15 is 0 Å². The third-order valence-corrected chi connectivity index (χ3v) is 4.55. The lowest BCUT2D eigenvalue weighted by molar-refractivity contribution is -0.162. The van der Waals surface area contributed by atoms with E-state index in [1.165, 1.54) is 5.56 Å². The molecule has 0 aliphatic carbocycles. The molecular formula is C20H23ClO3. The van der Waals surface area contributed by atoms with Gasteiger partial charge in [-0.05, 0) is 50.6 Å². The minimum Gasteiger partial charge on any atom is -0.457 e. The average Bonchev–Trinajstić information content (AvgIpc) is 2.92. The lowest BCUT2D eigenvalue weighted by Gasteiger charge is -2.25. The zero-order valence-corrected chi connectivity index (χ0v) is 15.1. The Morgan fingerprint density at radius 3 is 2.54 bits per heavy atom. The minimum atomic E-state index is -0.792. The van der Waals surface area contributed by atoms with Crippen molar-refractivity contribution in [1.29, 1.82) is 0 Å². The molecule has 2 unspecified atom stereocenters. The van der Waals surface area contributed by atoms with Crippen LogP contribution in [-0.2, 0) is 15.3 Å². The van der Waals surface area contributed by atoms with Crippen LogP contribution in [0.5, 0.6) is 11.5 Å². The Balaban J connectivity index is 1.76. The Morgan fingerprint density at radius 1 is 1.17 bits per heavy atom. The summed E-state index contributed by atoms with van der Waals surface area (Å²) in [6.45, 7) is 6.71. The quantitative estimate of drug-likeness (QED) is 0.681. The normalized spacial score (nSPS) is 23.4. The highest BCUT2D eigenvalue weighted by molar-refractivity contribution is 6.31. The zero-order valence-electron chi connectivity index (χ0n) is 14.3. The summed E-state index contributed by atoms with van der Waals surface area (Å²) in [5, 5.41) is 0.583. The standard InChI is InChI=1S/C20H23ClO3/c1-4-5-17-13-22-20(3,24-17)18-11-10-16(12-19(18)21)23-15-8-6-14(2)7-9-15/h6-12,17H,4-5,13H2,1-3H3. The highest BCUT2D eigenvalue weighted by Gasteiger charge is 2.39. The predicted molar refractivity (Wildman–Crippen MR) is 95.8 cm³/mol. The van der Waals surface area contributed by atoms with Crippen molar-refractivity contribution in [1.82, 2.24) is 0 Å². The first-order valence-corrected chi connectivity index (χ1v) is 8.74. The Bertz CT molecular complexity index is 699. The van der Waals surface area contributed by atoms with Crippen LogP contribution in [0.25, 0.3) is 0 Å². The van der Waals surface area contributed by atoms with Crippen molar-refractivity contribution in [2.75, 3.05) is 6.61 Å². The Labute approximate surface area is 148 Å². The second kappa shape index (κ2) is 7.14. The van der Waals surface area contributed by atoms with E-state index in [1.54, 1.807) is 0 Å². The molecule has 2 atom stereocenters. The molecule has 1 aliphatic rings. The fourth-order valence-corrected chi connectivity index (χ4v) is 3.26.